The first kappa shape index (κ1) is 72.7. The van der Waals surface area contributed by atoms with Gasteiger partial charge in [0, 0.05) is 5.57 Å². The van der Waals surface area contributed by atoms with Gasteiger partial charge in [-0.25, -0.2) is 4.39 Å². The molecule has 0 atom stereocenters. The van der Waals surface area contributed by atoms with E-state index in [0.29, 0.717) is 43.0 Å². The van der Waals surface area contributed by atoms with Gasteiger partial charge in [0.1, 0.15) is 5.83 Å². The van der Waals surface area contributed by atoms with Crippen LogP contribution in [0.3, 0.4) is 0 Å². The molecule has 0 bridgehead atoms. The van der Waals surface area contributed by atoms with Gasteiger partial charge in [0.2, 0.25) is 0 Å². The van der Waals surface area contributed by atoms with Gasteiger partial charge in [-0.05, 0) is 110 Å². The fourth-order valence-corrected chi connectivity index (χ4v) is 9.45. The number of halogens is 11. The molecule has 0 spiro atoms. The maximum atomic E-state index is 13.0. The molecule has 0 amide bonds. The van der Waals surface area contributed by atoms with Gasteiger partial charge in [0.25, 0.3) is 0 Å². The van der Waals surface area contributed by atoms with Gasteiger partial charge in [0.05, 0.1) is 11.4 Å². The van der Waals surface area contributed by atoms with Crippen molar-refractivity contribution in [1.29, 1.82) is 10.8 Å². The molecular weight excluding hydrogens is 1240 g/mol. The first-order valence-corrected chi connectivity index (χ1v) is 32.0. The summed E-state index contributed by atoms with van der Waals surface area (Å²) in [6.07, 6.45) is 27.7. The van der Waals surface area contributed by atoms with Crippen LogP contribution in [0.2, 0.25) is 0 Å². The van der Waals surface area contributed by atoms with Crippen molar-refractivity contribution in [2.45, 2.75) is 83.1 Å². The summed E-state index contributed by atoms with van der Waals surface area (Å²) in [4.78, 5) is 0. The molecule has 0 heterocycles. The molecule has 0 unspecified atom stereocenters. The number of hydrogen-bond donors (Lipinski definition) is 2. The average Bonchev–Trinajstić information content (AvgIpc) is 3.17. The molecule has 57 heavy (non-hydrogen) atoms. The summed E-state index contributed by atoms with van der Waals surface area (Å²) in [5, 5.41) is 15.0. The molecule has 2 N–H and O–H groups in total. The van der Waals surface area contributed by atoms with E-state index in [1.54, 1.807) is 61.9 Å². The van der Waals surface area contributed by atoms with Crippen molar-refractivity contribution in [3.8, 4) is 0 Å². The molecule has 348 valence electrons. The third-order valence-electron chi connectivity index (χ3n) is 7.54. The predicted octanol–water partition coefficient (Wildman–Crippen LogP) is 17.0. The summed E-state index contributed by atoms with van der Waals surface area (Å²) in [7, 11) is -0.994. The summed E-state index contributed by atoms with van der Waals surface area (Å²) in [6.45, 7) is 27.5. The standard InChI is InChI=1S/C12H9FN2.4C6H15P.2BF4.2ClH.2Pt/c13-9-3-6-12(15)11(7-9)8-1-4-10(14)5-2-8;4*1-4-7(5-2)6-3;2*2-1(3,4)5;;;;/h1-7,14-15H;4*4-6H2,1-3H3;;;2*1H;;/q;;;;;2*-1;;;2*+1/p-2. The zero-order chi connectivity index (χ0) is 46.6. The molecule has 0 saturated heterocycles. The molecule has 0 radical (unpaired) electrons. The zero-order valence-electron chi connectivity index (χ0n) is 35.8. The Labute approximate surface area is 377 Å². The quantitative estimate of drug-likeness (QED) is 0.111. The summed E-state index contributed by atoms with van der Waals surface area (Å²) in [5.41, 5.74) is 2.00. The predicted molar refractivity (Wildman–Crippen MR) is 245 cm³/mol. The summed E-state index contributed by atoms with van der Waals surface area (Å²) in [6, 6.07) is 0. The SMILES string of the molecule is CCP(CC)CC.CCP(CC)CC.CCP(CC)CC.CCP(CC)CC.F[B-](F)(F)F.F[B-](F)(F)F.N=C1C=CC(=C2C=C(F)C=CC2=N)C=C1.[Cl][Pt].[Cl][Pt]. The second kappa shape index (κ2) is 51.6. The van der Waals surface area contributed by atoms with Crippen LogP contribution in [0.5, 0.6) is 0 Å². The van der Waals surface area contributed by atoms with Gasteiger partial charge in [-0.2, -0.15) is 0 Å². The molecule has 0 fully saturated rings. The van der Waals surface area contributed by atoms with Crippen molar-refractivity contribution >= 4 is 76.5 Å². The fourth-order valence-electron chi connectivity index (χ4n) is 4.09. The first-order chi connectivity index (χ1) is 26.5. The Balaban J connectivity index is -0.000000105. The Kier molecular flexibility index (Phi) is 65.7. The van der Waals surface area contributed by atoms with E-state index in [9.17, 15) is 38.9 Å². The molecule has 0 saturated carbocycles. The third-order valence-corrected chi connectivity index (χ3v) is 18.3. The molecular formula is C36H69B2Cl2F9N2P4Pt2-2. The van der Waals surface area contributed by atoms with Gasteiger partial charge in [-0.15, -0.1) is 31.7 Å². The fraction of sp³-hybridized carbons (Fsp3) is 0.667. The molecule has 0 aliphatic heterocycles. The van der Waals surface area contributed by atoms with Crippen LogP contribution in [-0.2, 0) is 37.5 Å². The molecule has 2 rings (SSSR count). The van der Waals surface area contributed by atoms with Crippen molar-refractivity contribution in [3.05, 3.63) is 59.5 Å². The van der Waals surface area contributed by atoms with Gasteiger partial charge in [0.15, 0.2) is 0 Å². The van der Waals surface area contributed by atoms with Crippen LogP contribution in [0.15, 0.2) is 59.5 Å². The van der Waals surface area contributed by atoms with Gasteiger partial charge in [-0.3, -0.25) is 0 Å². The number of rotatable bonds is 12. The molecule has 2 nitrogen and oxygen atoms in total. The third kappa shape index (κ3) is 64.0. The molecule has 0 aromatic heterocycles. The van der Waals surface area contributed by atoms with Gasteiger partial charge in [-0.1, -0.05) is 95.2 Å². The average molecular weight is 1310 g/mol. The van der Waals surface area contributed by atoms with E-state index in [-0.39, 0.29) is 11.5 Å². The topological polar surface area (TPSA) is 47.7 Å². The van der Waals surface area contributed by atoms with Crippen molar-refractivity contribution < 1.29 is 76.5 Å². The monoisotopic (exact) mass is 1310 g/mol. The van der Waals surface area contributed by atoms with E-state index >= 15 is 0 Å². The van der Waals surface area contributed by atoms with Crippen LogP contribution in [0, 0.1) is 10.8 Å². The maximum absolute atomic E-state index is 13.0. The zero-order valence-corrected chi connectivity index (χ0v) is 45.4. The summed E-state index contributed by atoms with van der Waals surface area (Å²) in [5.74, 6) is -0.351. The van der Waals surface area contributed by atoms with Crippen molar-refractivity contribution in [2.24, 2.45) is 0 Å². The van der Waals surface area contributed by atoms with E-state index in [2.05, 4.69) is 102 Å². The Bertz CT molecular complexity index is 963. The minimum atomic E-state index is -6.00. The molecule has 2 aliphatic carbocycles. The number of nitrogens with one attached hydrogen (secondary N) is 2. The summed E-state index contributed by atoms with van der Waals surface area (Å²) >= 11 is 3.22. The second-order valence-corrected chi connectivity index (χ2v) is 23.7. The van der Waals surface area contributed by atoms with Gasteiger partial charge < -0.3 is 45.3 Å². The van der Waals surface area contributed by atoms with Crippen molar-refractivity contribution in [2.75, 3.05) is 73.9 Å². The van der Waals surface area contributed by atoms with Crippen molar-refractivity contribution in [1.82, 2.24) is 0 Å². The van der Waals surface area contributed by atoms with Crippen LogP contribution in [0.25, 0.3) is 0 Å². The first-order valence-electron chi connectivity index (χ1n) is 18.8. The Morgan fingerprint density at radius 3 is 0.825 bits per heavy atom. The van der Waals surface area contributed by atoms with Crippen molar-refractivity contribution in [3.63, 3.8) is 0 Å². The molecule has 2 aliphatic rings. The number of allylic oxidation sites excluding steroid dienone is 10. The normalized spacial score (nSPS) is 12.6. The van der Waals surface area contributed by atoms with E-state index < -0.39 is 14.5 Å². The minimum absolute atomic E-state index is 0.286. The van der Waals surface area contributed by atoms with E-state index in [0.717, 1.165) is 5.57 Å². The van der Waals surface area contributed by atoms with Gasteiger partial charge >= 0.3 is 70.9 Å². The summed E-state index contributed by atoms with van der Waals surface area (Å²) < 4.78 is 91.0. The van der Waals surface area contributed by atoms with E-state index in [1.165, 1.54) is 92.2 Å². The van der Waals surface area contributed by atoms with Crippen LogP contribution >= 0.6 is 50.5 Å². The Hall–Kier alpha value is 1.22. The van der Waals surface area contributed by atoms with E-state index in [4.69, 9.17) is 10.8 Å². The van der Waals surface area contributed by atoms with Crippen LogP contribution in [0.4, 0.5) is 38.9 Å². The molecule has 0 aromatic rings. The molecule has 21 heteroatoms. The second-order valence-electron chi connectivity index (χ2n) is 10.7. The van der Waals surface area contributed by atoms with Crippen LogP contribution < -0.4 is 0 Å². The van der Waals surface area contributed by atoms with E-state index in [1.807, 2.05) is 0 Å². The van der Waals surface area contributed by atoms with Crippen LogP contribution in [-0.4, -0.2) is 99.9 Å². The Morgan fingerprint density at radius 2 is 0.649 bits per heavy atom. The Morgan fingerprint density at radius 1 is 0.439 bits per heavy atom. The van der Waals surface area contributed by atoms with Crippen LogP contribution in [0.1, 0.15) is 83.1 Å². The molecule has 0 aromatic carbocycles. The number of hydrogen-bond acceptors (Lipinski definition) is 2.